The molecule has 0 N–H and O–H groups in total. The largest absolute Gasteiger partial charge is 0.355 e. The minimum absolute atomic E-state index is 0.165. The minimum atomic E-state index is 0.165. The van der Waals surface area contributed by atoms with Crippen molar-refractivity contribution in [2.45, 2.75) is 40.7 Å². The first kappa shape index (κ1) is 21.7. The molecule has 0 aliphatic carbocycles. The van der Waals surface area contributed by atoms with Crippen molar-refractivity contribution in [1.29, 1.82) is 0 Å². The molecule has 0 spiro atoms. The number of aryl methyl sites for hydroxylation is 2. The summed E-state index contributed by atoms with van der Waals surface area (Å²) in [5, 5.41) is 0. The Hall–Kier alpha value is -3.54. The Kier molecular flexibility index (Phi) is 6.30. The van der Waals surface area contributed by atoms with E-state index in [2.05, 4.69) is 89.6 Å². The molecule has 0 amide bonds. The molecule has 32 heavy (non-hydrogen) atoms. The fraction of sp³-hybridized carbons (Fsp3) is 0.308. The number of fused-ring (bicyclic) bond motifs is 1. The molecule has 0 radical (unpaired) electrons. The summed E-state index contributed by atoms with van der Waals surface area (Å²) >= 11 is 0. The number of aldehydes is 1. The predicted molar refractivity (Wildman–Crippen MR) is 129 cm³/mol. The first-order valence-electron chi connectivity index (χ1n) is 11.1. The summed E-state index contributed by atoms with van der Waals surface area (Å²) < 4.78 is 2.19. The molecule has 0 unspecified atom stereocenters. The van der Waals surface area contributed by atoms with Gasteiger partial charge in [0.2, 0.25) is 0 Å². The van der Waals surface area contributed by atoms with Gasteiger partial charge >= 0.3 is 0 Å². The summed E-state index contributed by atoms with van der Waals surface area (Å²) in [4.78, 5) is 27.8. The quantitative estimate of drug-likeness (QED) is 0.361. The van der Waals surface area contributed by atoms with Crippen molar-refractivity contribution < 1.29 is 4.79 Å². The number of benzene rings is 2. The third-order valence-electron chi connectivity index (χ3n) is 5.62. The van der Waals surface area contributed by atoms with E-state index in [0.717, 1.165) is 47.8 Å². The lowest BCUT2D eigenvalue weighted by Gasteiger charge is -2.23. The molecule has 2 heterocycles. The average molecular weight is 428 g/mol. The van der Waals surface area contributed by atoms with Gasteiger partial charge in [-0.3, -0.25) is 4.79 Å². The third-order valence-corrected chi connectivity index (χ3v) is 5.62. The standard InChI is InChI=1S/C26H29N5O/c1-5-14-30(6-2)26-23-24(27-22(17-32)28-26)29-25(21-9-7-8-19(4)15-21)31(23)16-20-12-10-18(3)11-13-20/h7-13,15,17H,5-6,14,16H2,1-4H3. The second-order valence-corrected chi connectivity index (χ2v) is 8.15. The number of rotatable bonds is 8. The number of carbonyl (C=O) groups is 1. The maximum absolute atomic E-state index is 11.6. The second kappa shape index (κ2) is 9.30. The Bertz CT molecular complexity index is 1240. The minimum Gasteiger partial charge on any atom is -0.355 e. The topological polar surface area (TPSA) is 63.9 Å². The molecular weight excluding hydrogens is 398 g/mol. The van der Waals surface area contributed by atoms with Crippen LogP contribution in [0.2, 0.25) is 0 Å². The maximum atomic E-state index is 11.6. The number of aromatic nitrogens is 4. The highest BCUT2D eigenvalue weighted by Gasteiger charge is 2.22. The van der Waals surface area contributed by atoms with E-state index in [1.807, 2.05) is 6.07 Å². The molecule has 6 heteroatoms. The molecular formula is C26H29N5O. The van der Waals surface area contributed by atoms with Crippen LogP contribution in [0.25, 0.3) is 22.6 Å². The van der Waals surface area contributed by atoms with E-state index in [0.29, 0.717) is 18.5 Å². The molecule has 6 nitrogen and oxygen atoms in total. The van der Waals surface area contributed by atoms with E-state index in [-0.39, 0.29) is 5.82 Å². The Labute approximate surface area is 189 Å². The first-order valence-corrected chi connectivity index (χ1v) is 11.1. The lowest BCUT2D eigenvalue weighted by molar-refractivity contribution is 0.111. The first-order chi connectivity index (χ1) is 15.5. The van der Waals surface area contributed by atoms with Gasteiger partial charge in [0.1, 0.15) is 11.3 Å². The number of nitrogens with zero attached hydrogens (tertiary/aromatic N) is 5. The molecule has 0 saturated carbocycles. The van der Waals surface area contributed by atoms with Gasteiger partial charge in [-0.1, -0.05) is 60.5 Å². The van der Waals surface area contributed by atoms with Crippen LogP contribution >= 0.6 is 0 Å². The fourth-order valence-corrected chi connectivity index (χ4v) is 4.03. The van der Waals surface area contributed by atoms with Gasteiger partial charge in [0.15, 0.2) is 23.6 Å². The van der Waals surface area contributed by atoms with Crippen molar-refractivity contribution in [3.05, 3.63) is 71.0 Å². The van der Waals surface area contributed by atoms with Gasteiger partial charge in [0, 0.05) is 25.2 Å². The van der Waals surface area contributed by atoms with Crippen LogP contribution in [0.1, 0.15) is 47.6 Å². The zero-order chi connectivity index (χ0) is 22.7. The maximum Gasteiger partial charge on any atom is 0.196 e. The highest BCUT2D eigenvalue weighted by molar-refractivity contribution is 5.90. The van der Waals surface area contributed by atoms with Crippen LogP contribution < -0.4 is 4.90 Å². The molecule has 4 rings (SSSR count). The molecule has 4 aromatic rings. The number of hydrogen-bond acceptors (Lipinski definition) is 5. The van der Waals surface area contributed by atoms with Crippen molar-refractivity contribution in [3.8, 4) is 11.4 Å². The molecule has 0 aliphatic rings. The van der Waals surface area contributed by atoms with E-state index >= 15 is 0 Å². The van der Waals surface area contributed by atoms with Crippen LogP contribution in [0.15, 0.2) is 48.5 Å². The SMILES string of the molecule is CCCN(CC)c1nc(C=O)nc2nc(-c3cccc(C)c3)n(Cc3ccc(C)cc3)c12. The van der Waals surface area contributed by atoms with E-state index in [4.69, 9.17) is 4.98 Å². The predicted octanol–water partition coefficient (Wildman–Crippen LogP) is 5.21. The van der Waals surface area contributed by atoms with E-state index in [9.17, 15) is 4.79 Å². The zero-order valence-corrected chi connectivity index (χ0v) is 19.2. The number of anilines is 1. The summed E-state index contributed by atoms with van der Waals surface area (Å²) in [6.07, 6.45) is 1.68. The van der Waals surface area contributed by atoms with Crippen molar-refractivity contribution in [2.24, 2.45) is 0 Å². The summed E-state index contributed by atoms with van der Waals surface area (Å²) in [5.41, 5.74) is 6.00. The summed E-state index contributed by atoms with van der Waals surface area (Å²) in [7, 11) is 0. The lowest BCUT2D eigenvalue weighted by atomic mass is 10.1. The molecule has 0 saturated heterocycles. The summed E-state index contributed by atoms with van der Waals surface area (Å²) in [5.74, 6) is 1.76. The third kappa shape index (κ3) is 4.26. The van der Waals surface area contributed by atoms with Crippen molar-refractivity contribution in [3.63, 3.8) is 0 Å². The molecule has 0 atom stereocenters. The van der Waals surface area contributed by atoms with Crippen LogP contribution in [0, 0.1) is 13.8 Å². The highest BCUT2D eigenvalue weighted by Crippen LogP contribution is 2.31. The van der Waals surface area contributed by atoms with Gasteiger partial charge in [0.25, 0.3) is 0 Å². The number of carbonyl (C=O) groups excluding carboxylic acids is 1. The monoisotopic (exact) mass is 427 g/mol. The average Bonchev–Trinajstić information content (AvgIpc) is 3.16. The van der Waals surface area contributed by atoms with Gasteiger partial charge in [-0.2, -0.15) is 0 Å². The van der Waals surface area contributed by atoms with Gasteiger partial charge < -0.3 is 9.47 Å². The number of hydrogen-bond donors (Lipinski definition) is 0. The van der Waals surface area contributed by atoms with E-state index in [1.165, 1.54) is 11.1 Å². The Morgan fingerprint density at radius 1 is 0.969 bits per heavy atom. The van der Waals surface area contributed by atoms with Crippen LogP contribution in [-0.4, -0.2) is 38.9 Å². The van der Waals surface area contributed by atoms with Crippen LogP contribution in [0.4, 0.5) is 5.82 Å². The zero-order valence-electron chi connectivity index (χ0n) is 19.2. The molecule has 0 bridgehead atoms. The molecule has 0 fully saturated rings. The van der Waals surface area contributed by atoms with Gasteiger partial charge in [0.05, 0.1) is 0 Å². The van der Waals surface area contributed by atoms with Crippen LogP contribution in [-0.2, 0) is 6.54 Å². The second-order valence-electron chi connectivity index (χ2n) is 8.15. The smallest absolute Gasteiger partial charge is 0.196 e. The molecule has 2 aromatic carbocycles. The Balaban J connectivity index is 2.01. The van der Waals surface area contributed by atoms with Crippen molar-refractivity contribution >= 4 is 23.3 Å². The van der Waals surface area contributed by atoms with Gasteiger partial charge in [-0.05, 0) is 38.8 Å². The van der Waals surface area contributed by atoms with Crippen molar-refractivity contribution in [2.75, 3.05) is 18.0 Å². The van der Waals surface area contributed by atoms with E-state index in [1.54, 1.807) is 0 Å². The molecule has 0 aliphatic heterocycles. The fourth-order valence-electron chi connectivity index (χ4n) is 4.03. The highest BCUT2D eigenvalue weighted by atomic mass is 16.1. The van der Waals surface area contributed by atoms with Gasteiger partial charge in [-0.15, -0.1) is 0 Å². The Morgan fingerprint density at radius 3 is 2.41 bits per heavy atom. The van der Waals surface area contributed by atoms with Crippen molar-refractivity contribution in [1.82, 2.24) is 19.5 Å². The normalized spacial score (nSPS) is 11.1. The molecule has 164 valence electrons. The van der Waals surface area contributed by atoms with E-state index < -0.39 is 0 Å². The summed E-state index contributed by atoms with van der Waals surface area (Å²) in [6, 6.07) is 16.8. The molecule has 2 aromatic heterocycles. The van der Waals surface area contributed by atoms with Crippen LogP contribution in [0.5, 0.6) is 0 Å². The van der Waals surface area contributed by atoms with Gasteiger partial charge in [-0.25, -0.2) is 15.0 Å². The summed E-state index contributed by atoms with van der Waals surface area (Å²) in [6.45, 7) is 10.7. The lowest BCUT2D eigenvalue weighted by Crippen LogP contribution is -2.26. The van der Waals surface area contributed by atoms with Crippen LogP contribution in [0.3, 0.4) is 0 Å². The number of imidazole rings is 1. The Morgan fingerprint density at radius 2 is 1.75 bits per heavy atom.